The molecule has 39 heavy (non-hydrogen) atoms. The van der Waals surface area contributed by atoms with Crippen LogP contribution in [-0.4, -0.2) is 45.1 Å². The van der Waals surface area contributed by atoms with Crippen LogP contribution in [0.5, 0.6) is 11.6 Å². The second kappa shape index (κ2) is 11.0. The lowest BCUT2D eigenvalue weighted by molar-refractivity contribution is -0.136. The molecule has 1 fully saturated rings. The number of carbonyl (C=O) groups excluding carboxylic acids is 1. The van der Waals surface area contributed by atoms with Crippen molar-refractivity contribution in [1.82, 2.24) is 19.4 Å². The first-order valence-electron chi connectivity index (χ1n) is 12.6. The lowest BCUT2D eigenvalue weighted by Crippen LogP contribution is -2.19. The molecule has 0 bridgehead atoms. The molecule has 1 atom stereocenters. The van der Waals surface area contributed by atoms with Crippen LogP contribution >= 0.6 is 0 Å². The average Bonchev–Trinajstić information content (AvgIpc) is 3.46. The van der Waals surface area contributed by atoms with Crippen LogP contribution in [0.3, 0.4) is 0 Å². The summed E-state index contributed by atoms with van der Waals surface area (Å²) in [6.45, 7) is 0.565. The van der Waals surface area contributed by atoms with Crippen molar-refractivity contribution in [3.05, 3.63) is 77.7 Å². The number of carbonyl (C=O) groups is 1. The number of likely N-dealkylation sites (tertiary alicyclic amines) is 1. The molecule has 0 aliphatic carbocycles. The molecule has 1 amide bonds. The molecule has 0 spiro atoms. The van der Waals surface area contributed by atoms with E-state index in [4.69, 9.17) is 4.74 Å². The van der Waals surface area contributed by atoms with Crippen molar-refractivity contribution < 1.29 is 27.1 Å². The van der Waals surface area contributed by atoms with Crippen LogP contribution in [0.25, 0.3) is 11.0 Å². The summed E-state index contributed by atoms with van der Waals surface area (Å²) in [4.78, 5) is 23.6. The van der Waals surface area contributed by atoms with Crippen molar-refractivity contribution in [3.8, 4) is 11.6 Å². The monoisotopic (exact) mass is 541 g/mol. The van der Waals surface area contributed by atoms with E-state index in [0.29, 0.717) is 22.5 Å². The van der Waals surface area contributed by atoms with Gasteiger partial charge in [0, 0.05) is 24.3 Å². The fourth-order valence-electron chi connectivity index (χ4n) is 4.88. The zero-order valence-electron chi connectivity index (χ0n) is 21.2. The SMILES string of the molecule is CN1CCCC1c1cccnc1Oc1ccc(CC(=O)Nc2nc3ccccc3n2CCC(F)(F)F)cc1F. The standard InChI is InChI=1S/C28H27F4N5O2/c1-36-14-5-9-22(36)19-6-4-13-33-26(19)39-24-11-10-18(16-20(24)29)17-25(38)35-27-34-21-7-2-3-8-23(21)37(27)15-12-28(30,31)32/h2-4,6-8,10-11,13,16,22H,5,9,12,14-15,17H2,1H3,(H,34,35,38). The van der Waals surface area contributed by atoms with E-state index in [1.54, 1.807) is 36.5 Å². The topological polar surface area (TPSA) is 72.3 Å². The number of alkyl halides is 3. The Labute approximate surface area is 222 Å². The summed E-state index contributed by atoms with van der Waals surface area (Å²) < 4.78 is 60.8. The van der Waals surface area contributed by atoms with E-state index in [9.17, 15) is 22.4 Å². The molecular weight excluding hydrogens is 514 g/mol. The van der Waals surface area contributed by atoms with Crippen LogP contribution in [0.15, 0.2) is 60.8 Å². The van der Waals surface area contributed by atoms with E-state index in [0.717, 1.165) is 24.9 Å². The van der Waals surface area contributed by atoms with Crippen molar-refractivity contribution in [3.63, 3.8) is 0 Å². The van der Waals surface area contributed by atoms with Crippen molar-refractivity contribution in [2.75, 3.05) is 18.9 Å². The van der Waals surface area contributed by atoms with Crippen molar-refractivity contribution in [2.45, 2.75) is 44.4 Å². The van der Waals surface area contributed by atoms with Gasteiger partial charge in [0.1, 0.15) is 0 Å². The minimum atomic E-state index is -4.36. The molecular formula is C28H27F4N5O2. The first-order chi connectivity index (χ1) is 18.7. The quantitative estimate of drug-likeness (QED) is 0.267. The Kier molecular flexibility index (Phi) is 7.51. The Bertz CT molecular complexity index is 1490. The molecule has 2 aromatic heterocycles. The van der Waals surface area contributed by atoms with Gasteiger partial charge in [0.05, 0.1) is 23.9 Å². The van der Waals surface area contributed by atoms with E-state index in [1.165, 1.54) is 16.7 Å². The third kappa shape index (κ3) is 6.19. The van der Waals surface area contributed by atoms with Crippen LogP contribution in [-0.2, 0) is 17.8 Å². The van der Waals surface area contributed by atoms with Crippen molar-refractivity contribution >= 4 is 22.9 Å². The zero-order chi connectivity index (χ0) is 27.6. The highest BCUT2D eigenvalue weighted by Gasteiger charge is 2.28. The molecule has 204 valence electrons. The number of para-hydroxylation sites is 2. The molecule has 2 aromatic carbocycles. The molecule has 1 aliphatic rings. The molecule has 1 N–H and O–H groups in total. The Morgan fingerprint density at radius 2 is 1.97 bits per heavy atom. The average molecular weight is 542 g/mol. The number of aromatic nitrogens is 3. The summed E-state index contributed by atoms with van der Waals surface area (Å²) in [5.41, 5.74) is 2.18. The number of fused-ring (bicyclic) bond motifs is 1. The minimum absolute atomic E-state index is 0.00503. The van der Waals surface area contributed by atoms with Gasteiger partial charge in [-0.2, -0.15) is 13.2 Å². The summed E-state index contributed by atoms with van der Waals surface area (Å²) in [7, 11) is 2.03. The maximum atomic E-state index is 15.0. The fourth-order valence-corrected chi connectivity index (χ4v) is 4.88. The van der Waals surface area contributed by atoms with Gasteiger partial charge in [-0.15, -0.1) is 0 Å². The number of imidazole rings is 1. The summed E-state index contributed by atoms with van der Waals surface area (Å²) in [6.07, 6.45) is -2.04. The molecule has 7 nitrogen and oxygen atoms in total. The van der Waals surface area contributed by atoms with Crippen molar-refractivity contribution in [1.29, 1.82) is 0 Å². The molecule has 4 aromatic rings. The second-order valence-electron chi connectivity index (χ2n) is 9.57. The van der Waals surface area contributed by atoms with E-state index < -0.39 is 30.9 Å². The number of amides is 1. The van der Waals surface area contributed by atoms with E-state index >= 15 is 0 Å². The predicted molar refractivity (Wildman–Crippen MR) is 138 cm³/mol. The van der Waals surface area contributed by atoms with Gasteiger partial charge in [-0.25, -0.2) is 14.4 Å². The van der Waals surface area contributed by atoms with Gasteiger partial charge in [-0.05, 0) is 62.3 Å². The van der Waals surface area contributed by atoms with Crippen LogP contribution in [0.4, 0.5) is 23.5 Å². The highest BCUT2D eigenvalue weighted by atomic mass is 19.4. The third-order valence-electron chi connectivity index (χ3n) is 6.77. The third-order valence-corrected chi connectivity index (χ3v) is 6.77. The number of pyridine rings is 1. The number of ether oxygens (including phenoxy) is 1. The number of anilines is 1. The second-order valence-corrected chi connectivity index (χ2v) is 9.57. The highest BCUT2D eigenvalue weighted by molar-refractivity contribution is 5.92. The summed E-state index contributed by atoms with van der Waals surface area (Å²) in [5, 5.41) is 2.58. The molecule has 0 saturated carbocycles. The first-order valence-corrected chi connectivity index (χ1v) is 12.6. The van der Waals surface area contributed by atoms with Crippen LogP contribution in [0, 0.1) is 5.82 Å². The number of halogens is 4. The van der Waals surface area contributed by atoms with Crippen LogP contribution in [0.2, 0.25) is 0 Å². The van der Waals surface area contributed by atoms with Gasteiger partial charge < -0.3 is 9.30 Å². The number of hydrogen-bond donors (Lipinski definition) is 1. The van der Waals surface area contributed by atoms with Gasteiger partial charge >= 0.3 is 6.18 Å². The van der Waals surface area contributed by atoms with Gasteiger partial charge in [0.25, 0.3) is 0 Å². The molecule has 0 radical (unpaired) electrons. The highest BCUT2D eigenvalue weighted by Crippen LogP contribution is 2.37. The number of aryl methyl sites for hydroxylation is 1. The number of nitrogens with zero attached hydrogens (tertiary/aromatic N) is 4. The minimum Gasteiger partial charge on any atom is -0.436 e. The lowest BCUT2D eigenvalue weighted by atomic mass is 10.1. The number of benzene rings is 2. The van der Waals surface area contributed by atoms with Crippen molar-refractivity contribution in [2.24, 2.45) is 0 Å². The maximum Gasteiger partial charge on any atom is 0.390 e. The molecule has 1 unspecified atom stereocenters. The zero-order valence-corrected chi connectivity index (χ0v) is 21.2. The molecule has 11 heteroatoms. The van der Waals surface area contributed by atoms with Gasteiger partial charge in [-0.3, -0.25) is 15.0 Å². The Morgan fingerprint density at radius 1 is 1.15 bits per heavy atom. The Hall–Kier alpha value is -3.99. The van der Waals surface area contributed by atoms with Gasteiger partial charge in [-0.1, -0.05) is 24.3 Å². The van der Waals surface area contributed by atoms with E-state index in [-0.39, 0.29) is 24.2 Å². The first kappa shape index (κ1) is 26.6. The summed E-state index contributed by atoms with van der Waals surface area (Å²) >= 11 is 0. The number of hydrogen-bond acceptors (Lipinski definition) is 5. The lowest BCUT2D eigenvalue weighted by Gasteiger charge is -2.21. The molecule has 1 saturated heterocycles. The summed E-state index contributed by atoms with van der Waals surface area (Å²) in [6, 6.07) is 14.8. The molecule has 3 heterocycles. The Morgan fingerprint density at radius 3 is 2.72 bits per heavy atom. The Balaban J connectivity index is 1.29. The molecule has 5 rings (SSSR count). The maximum absolute atomic E-state index is 15.0. The molecule has 1 aliphatic heterocycles. The number of rotatable bonds is 8. The van der Waals surface area contributed by atoms with Crippen LogP contribution < -0.4 is 10.1 Å². The van der Waals surface area contributed by atoms with Crippen LogP contribution in [0.1, 0.15) is 36.4 Å². The number of nitrogens with one attached hydrogen (secondary N) is 1. The fraction of sp³-hybridized carbons (Fsp3) is 0.321. The largest absolute Gasteiger partial charge is 0.436 e. The normalized spacial score (nSPS) is 16.1. The van der Waals surface area contributed by atoms with Gasteiger partial charge in [0.2, 0.25) is 17.7 Å². The van der Waals surface area contributed by atoms with Gasteiger partial charge in [0.15, 0.2) is 11.6 Å². The smallest absolute Gasteiger partial charge is 0.390 e. The summed E-state index contributed by atoms with van der Waals surface area (Å²) in [5.74, 6) is -0.880. The predicted octanol–water partition coefficient (Wildman–Crippen LogP) is 6.26. The van der Waals surface area contributed by atoms with E-state index in [1.807, 2.05) is 19.2 Å². The van der Waals surface area contributed by atoms with E-state index in [2.05, 4.69) is 20.2 Å².